The molecule has 9 heavy (non-hydrogen) atoms. The Kier molecular flexibility index (Phi) is 2.83. The summed E-state index contributed by atoms with van der Waals surface area (Å²) in [6.07, 6.45) is 0. The monoisotopic (exact) mass is 153 g/mol. The van der Waals surface area contributed by atoms with Crippen LogP contribution in [-0.4, -0.2) is 15.6 Å². The molecule has 4 nitrogen and oxygen atoms in total. The van der Waals surface area contributed by atoms with Crippen molar-refractivity contribution in [3.63, 3.8) is 0 Å². The zero-order valence-electron chi connectivity index (χ0n) is 5.48. The fraction of sp³-hybridized carbons (Fsp3) is 1.00. The van der Waals surface area contributed by atoms with Crippen LogP contribution in [0.2, 0.25) is 0 Å². The maximum absolute atomic E-state index is 10.3. The average Bonchev–Trinajstić information content (AvgIpc) is 1.62. The molecule has 0 aromatic rings. The van der Waals surface area contributed by atoms with Gasteiger partial charge in [0, 0.05) is 0 Å². The van der Waals surface area contributed by atoms with Crippen molar-refractivity contribution in [3.05, 3.63) is 0 Å². The largest absolute Gasteiger partial charge is 0.342 e. The van der Waals surface area contributed by atoms with Gasteiger partial charge in [-0.2, -0.15) is 0 Å². The van der Waals surface area contributed by atoms with E-state index in [0.29, 0.717) is 0 Å². The fourth-order valence-corrected chi connectivity index (χ4v) is 1.17. The van der Waals surface area contributed by atoms with E-state index in [1.807, 2.05) is 0 Å². The molecule has 0 aliphatic rings. The van der Waals surface area contributed by atoms with Crippen molar-refractivity contribution in [2.24, 2.45) is 11.7 Å². The molecule has 1 atom stereocenters. The van der Waals surface area contributed by atoms with Crippen LogP contribution in [0.5, 0.6) is 0 Å². The molecule has 0 aromatic carbocycles. The highest BCUT2D eigenvalue weighted by atomic mass is 31.2. The first-order chi connectivity index (χ1) is 3.85. The van der Waals surface area contributed by atoms with E-state index in [1.54, 1.807) is 13.8 Å². The Morgan fingerprint density at radius 1 is 1.44 bits per heavy atom. The number of hydrogen-bond acceptors (Lipinski definition) is 2. The Morgan fingerprint density at radius 3 is 1.78 bits per heavy atom. The van der Waals surface area contributed by atoms with E-state index < -0.39 is 13.4 Å². The van der Waals surface area contributed by atoms with Crippen LogP contribution in [0, 0.1) is 5.92 Å². The molecule has 0 saturated heterocycles. The second kappa shape index (κ2) is 2.80. The predicted octanol–water partition coefficient (Wildman–Crippen LogP) is 0.105. The summed E-state index contributed by atoms with van der Waals surface area (Å²) in [5.41, 5.74) is 5.13. The predicted molar refractivity (Wildman–Crippen MR) is 34.9 cm³/mol. The molecule has 0 aliphatic carbocycles. The van der Waals surface area contributed by atoms with Crippen LogP contribution in [0.25, 0.3) is 0 Å². The molecular weight excluding hydrogens is 141 g/mol. The molecule has 0 amide bonds. The maximum atomic E-state index is 10.3. The minimum absolute atomic E-state index is 0.175. The normalized spacial score (nSPS) is 16.2. The SMILES string of the molecule is CC(C)[C@H](N)P(=O)(O)O. The van der Waals surface area contributed by atoms with Gasteiger partial charge in [-0.25, -0.2) is 0 Å². The van der Waals surface area contributed by atoms with E-state index in [9.17, 15) is 4.57 Å². The lowest BCUT2D eigenvalue weighted by Gasteiger charge is -2.15. The third-order valence-electron chi connectivity index (χ3n) is 1.07. The van der Waals surface area contributed by atoms with Gasteiger partial charge in [0.1, 0.15) is 5.78 Å². The second-order valence-corrected chi connectivity index (χ2v) is 4.10. The third kappa shape index (κ3) is 2.96. The van der Waals surface area contributed by atoms with Crippen LogP contribution in [-0.2, 0) is 4.57 Å². The van der Waals surface area contributed by atoms with Crippen molar-refractivity contribution in [2.45, 2.75) is 19.6 Å². The van der Waals surface area contributed by atoms with Gasteiger partial charge in [-0.05, 0) is 5.92 Å². The molecular formula is C4H12NO3P. The van der Waals surface area contributed by atoms with Crippen LogP contribution in [0.15, 0.2) is 0 Å². The van der Waals surface area contributed by atoms with Crippen LogP contribution in [0.4, 0.5) is 0 Å². The third-order valence-corrected chi connectivity index (χ3v) is 2.44. The van der Waals surface area contributed by atoms with Gasteiger partial charge in [-0.1, -0.05) is 13.8 Å². The molecule has 0 aromatic heterocycles. The van der Waals surface area contributed by atoms with E-state index in [-0.39, 0.29) is 5.92 Å². The van der Waals surface area contributed by atoms with Crippen molar-refractivity contribution >= 4 is 7.60 Å². The zero-order valence-corrected chi connectivity index (χ0v) is 6.38. The first-order valence-corrected chi connectivity index (χ1v) is 4.34. The molecule has 0 rings (SSSR count). The molecule has 0 aliphatic heterocycles. The summed E-state index contributed by atoms with van der Waals surface area (Å²) < 4.78 is 10.3. The minimum Gasteiger partial charge on any atom is -0.323 e. The van der Waals surface area contributed by atoms with Gasteiger partial charge in [-0.15, -0.1) is 0 Å². The van der Waals surface area contributed by atoms with Crippen LogP contribution in [0.3, 0.4) is 0 Å². The van der Waals surface area contributed by atoms with Crippen LogP contribution < -0.4 is 5.73 Å². The van der Waals surface area contributed by atoms with Gasteiger partial charge in [-0.3, -0.25) is 4.57 Å². The Labute approximate surface area is 54.2 Å². The highest BCUT2D eigenvalue weighted by Crippen LogP contribution is 2.41. The first kappa shape index (κ1) is 9.11. The van der Waals surface area contributed by atoms with Gasteiger partial charge in [0.05, 0.1) is 0 Å². The summed E-state index contributed by atoms with van der Waals surface area (Å²) >= 11 is 0. The second-order valence-electron chi connectivity index (χ2n) is 2.32. The molecule has 4 N–H and O–H groups in total. The quantitative estimate of drug-likeness (QED) is 0.491. The van der Waals surface area contributed by atoms with Crippen molar-refractivity contribution in [2.75, 3.05) is 0 Å². The summed E-state index contributed by atoms with van der Waals surface area (Å²) in [5, 5.41) is 0. The molecule has 56 valence electrons. The molecule has 0 radical (unpaired) electrons. The lowest BCUT2D eigenvalue weighted by Crippen LogP contribution is -2.25. The van der Waals surface area contributed by atoms with Gasteiger partial charge in [0.2, 0.25) is 0 Å². The van der Waals surface area contributed by atoms with Crippen molar-refractivity contribution in [3.8, 4) is 0 Å². The van der Waals surface area contributed by atoms with Crippen molar-refractivity contribution < 1.29 is 14.4 Å². The van der Waals surface area contributed by atoms with Crippen molar-refractivity contribution in [1.29, 1.82) is 0 Å². The first-order valence-electron chi connectivity index (χ1n) is 2.66. The van der Waals surface area contributed by atoms with Crippen LogP contribution >= 0.6 is 7.60 Å². The summed E-state index contributed by atoms with van der Waals surface area (Å²) in [5.74, 6) is -1.19. The Hall–Kier alpha value is 0.110. The smallest absolute Gasteiger partial charge is 0.323 e. The Balaban J connectivity index is 4.05. The fourth-order valence-electron chi connectivity index (χ4n) is 0.388. The Bertz CT molecular complexity index is 130. The van der Waals surface area contributed by atoms with Gasteiger partial charge in [0.25, 0.3) is 0 Å². The molecule has 0 fully saturated rings. The van der Waals surface area contributed by atoms with Gasteiger partial charge in [0.15, 0.2) is 0 Å². The number of nitrogens with two attached hydrogens (primary N) is 1. The topological polar surface area (TPSA) is 83.6 Å². The van der Waals surface area contributed by atoms with E-state index in [2.05, 4.69) is 0 Å². The molecule has 0 unspecified atom stereocenters. The average molecular weight is 153 g/mol. The van der Waals surface area contributed by atoms with E-state index in [4.69, 9.17) is 15.5 Å². The molecule has 0 saturated carbocycles. The maximum Gasteiger partial charge on any atom is 0.342 e. The summed E-state index contributed by atoms with van der Waals surface area (Å²) in [4.78, 5) is 16.9. The summed E-state index contributed by atoms with van der Waals surface area (Å²) in [6, 6.07) is 0. The highest BCUT2D eigenvalue weighted by Gasteiger charge is 2.26. The van der Waals surface area contributed by atoms with Crippen LogP contribution in [0.1, 0.15) is 13.8 Å². The van der Waals surface area contributed by atoms with E-state index >= 15 is 0 Å². The molecule has 0 heterocycles. The summed E-state index contributed by atoms with van der Waals surface area (Å²) in [6.45, 7) is 3.34. The number of hydrogen-bond donors (Lipinski definition) is 3. The standard InChI is InChI=1S/C4H12NO3P/c1-3(2)4(5)9(6,7)8/h3-4H,5H2,1-2H3,(H2,6,7,8)/t4-/m1/s1. The lowest BCUT2D eigenvalue weighted by atomic mass is 10.2. The van der Waals surface area contributed by atoms with Gasteiger partial charge >= 0.3 is 7.60 Å². The lowest BCUT2D eigenvalue weighted by molar-refractivity contribution is 0.343. The summed E-state index contributed by atoms with van der Waals surface area (Å²) in [7, 11) is -4.04. The molecule has 0 spiro atoms. The Morgan fingerprint density at radius 2 is 1.78 bits per heavy atom. The molecule has 5 heteroatoms. The van der Waals surface area contributed by atoms with Crippen molar-refractivity contribution in [1.82, 2.24) is 0 Å². The molecule has 0 bridgehead atoms. The minimum atomic E-state index is -4.04. The zero-order chi connectivity index (χ0) is 7.65. The van der Waals surface area contributed by atoms with E-state index in [1.165, 1.54) is 0 Å². The van der Waals surface area contributed by atoms with Gasteiger partial charge < -0.3 is 15.5 Å². The number of rotatable bonds is 2. The highest BCUT2D eigenvalue weighted by molar-refractivity contribution is 7.52. The van der Waals surface area contributed by atoms with E-state index in [0.717, 1.165) is 0 Å².